The third-order valence-electron chi connectivity index (χ3n) is 1.74. The van der Waals surface area contributed by atoms with E-state index in [4.69, 9.17) is 0 Å². The summed E-state index contributed by atoms with van der Waals surface area (Å²) < 4.78 is 26.0. The van der Waals surface area contributed by atoms with Crippen LogP contribution in [-0.2, 0) is 0 Å². The summed E-state index contributed by atoms with van der Waals surface area (Å²) in [7, 11) is 1.23. The fourth-order valence-electron chi connectivity index (χ4n) is 0.988. The van der Waals surface area contributed by atoms with E-state index in [1.807, 2.05) is 5.32 Å². The minimum atomic E-state index is -1.47. The van der Waals surface area contributed by atoms with Crippen molar-refractivity contribution in [2.75, 3.05) is 12.4 Å². The zero-order valence-corrected chi connectivity index (χ0v) is 8.08. The Morgan fingerprint density at radius 1 is 1.44 bits per heavy atom. The fraction of sp³-hybridized carbons (Fsp3) is 0.125. The lowest BCUT2D eigenvalue weighted by atomic mass is 10.2. The molecule has 0 fully saturated rings. The number of nitrogens with zero attached hydrogens (tertiary/aromatic N) is 1. The number of hydrogen-bond acceptors (Lipinski definition) is 3. The van der Waals surface area contributed by atoms with Gasteiger partial charge < -0.3 is 5.32 Å². The molecule has 0 atom stereocenters. The third kappa shape index (κ3) is 2.22. The first-order valence-corrected chi connectivity index (χ1v) is 4.08. The van der Waals surface area contributed by atoms with Gasteiger partial charge in [0.2, 0.25) is 0 Å². The van der Waals surface area contributed by atoms with Gasteiger partial charge in [-0.15, -0.1) is 0 Å². The van der Waals surface area contributed by atoms with Crippen LogP contribution in [0.5, 0.6) is 0 Å². The van der Waals surface area contributed by atoms with Crippen molar-refractivity contribution in [3.8, 4) is 0 Å². The zero-order chi connectivity index (χ0) is 12.3. The van der Waals surface area contributed by atoms with Gasteiger partial charge in [0.25, 0.3) is 5.69 Å². The maximum absolute atomic E-state index is 13.2. The summed E-state index contributed by atoms with van der Waals surface area (Å²) in [6.45, 7) is 0. The van der Waals surface area contributed by atoms with Gasteiger partial charge in [0.05, 0.1) is 4.92 Å². The summed E-state index contributed by atoms with van der Waals surface area (Å²) in [4.78, 5) is 20.5. The predicted molar refractivity (Wildman–Crippen MR) is 51.1 cm³/mol. The summed E-state index contributed by atoms with van der Waals surface area (Å²) in [5.74, 6) is -2.75. The van der Waals surface area contributed by atoms with Crippen LogP contribution < -0.4 is 10.6 Å². The van der Waals surface area contributed by atoms with Crippen molar-refractivity contribution < 1.29 is 18.5 Å². The third-order valence-corrected chi connectivity index (χ3v) is 1.74. The summed E-state index contributed by atoms with van der Waals surface area (Å²) >= 11 is 0. The van der Waals surface area contributed by atoms with Gasteiger partial charge in [0.1, 0.15) is 0 Å². The number of carbonyl (C=O) groups is 1. The number of rotatable bonds is 2. The molecule has 16 heavy (non-hydrogen) atoms. The Hall–Kier alpha value is -2.25. The van der Waals surface area contributed by atoms with Crippen molar-refractivity contribution in [1.82, 2.24) is 5.32 Å². The van der Waals surface area contributed by atoms with Gasteiger partial charge in [-0.1, -0.05) is 0 Å². The summed E-state index contributed by atoms with van der Waals surface area (Å²) in [6, 6.07) is 0.499. The Morgan fingerprint density at radius 2 is 2.06 bits per heavy atom. The average Bonchev–Trinajstić information content (AvgIpc) is 2.24. The molecule has 8 heteroatoms. The highest BCUT2D eigenvalue weighted by molar-refractivity contribution is 5.91. The number of halogens is 2. The predicted octanol–water partition coefficient (Wildman–Crippen LogP) is 1.62. The Bertz CT molecular complexity index is 450. The summed E-state index contributed by atoms with van der Waals surface area (Å²) in [5.41, 5.74) is -1.52. The van der Waals surface area contributed by atoms with E-state index in [1.165, 1.54) is 7.05 Å². The molecule has 2 amide bonds. The molecule has 0 bridgehead atoms. The minimum Gasteiger partial charge on any atom is -0.341 e. The first kappa shape index (κ1) is 11.8. The van der Waals surface area contributed by atoms with Gasteiger partial charge >= 0.3 is 6.03 Å². The molecule has 6 nitrogen and oxygen atoms in total. The van der Waals surface area contributed by atoms with Crippen molar-refractivity contribution in [2.45, 2.75) is 0 Å². The molecular formula is C8H7F2N3O3. The van der Waals surface area contributed by atoms with Gasteiger partial charge in [0.15, 0.2) is 17.3 Å². The van der Waals surface area contributed by atoms with Crippen LogP contribution in [-0.4, -0.2) is 18.0 Å². The molecule has 0 unspecified atom stereocenters. The Morgan fingerprint density at radius 3 is 2.56 bits per heavy atom. The van der Waals surface area contributed by atoms with E-state index in [9.17, 15) is 23.7 Å². The van der Waals surface area contributed by atoms with Crippen LogP contribution in [0, 0.1) is 21.7 Å². The number of hydrogen-bond donors (Lipinski definition) is 2. The van der Waals surface area contributed by atoms with Gasteiger partial charge in [-0.05, 0) is 6.07 Å². The molecule has 86 valence electrons. The van der Waals surface area contributed by atoms with E-state index in [0.717, 1.165) is 6.07 Å². The van der Waals surface area contributed by atoms with Crippen molar-refractivity contribution >= 4 is 17.4 Å². The number of urea groups is 1. The Kier molecular flexibility index (Phi) is 3.33. The van der Waals surface area contributed by atoms with E-state index in [-0.39, 0.29) is 0 Å². The molecule has 0 aromatic heterocycles. The number of nitrogens with one attached hydrogen (secondary N) is 2. The van der Waals surface area contributed by atoms with E-state index in [2.05, 4.69) is 5.32 Å². The maximum Gasteiger partial charge on any atom is 0.319 e. The number of carbonyl (C=O) groups excluding carboxylic acids is 1. The van der Waals surface area contributed by atoms with Gasteiger partial charge in [-0.3, -0.25) is 15.4 Å². The van der Waals surface area contributed by atoms with Gasteiger partial charge in [0, 0.05) is 13.1 Å². The average molecular weight is 231 g/mol. The van der Waals surface area contributed by atoms with Crippen LogP contribution in [0.3, 0.4) is 0 Å². The second-order valence-corrected chi connectivity index (χ2v) is 2.72. The lowest BCUT2D eigenvalue weighted by Gasteiger charge is -2.06. The normalized spacial score (nSPS) is 9.69. The molecule has 0 aliphatic heterocycles. The van der Waals surface area contributed by atoms with Crippen LogP contribution in [0.25, 0.3) is 0 Å². The first-order valence-electron chi connectivity index (χ1n) is 4.08. The Balaban J connectivity index is 3.26. The molecule has 0 aliphatic rings. The van der Waals surface area contributed by atoms with E-state index in [1.54, 1.807) is 0 Å². The largest absolute Gasteiger partial charge is 0.341 e. The van der Waals surface area contributed by atoms with Crippen LogP contribution in [0.2, 0.25) is 0 Å². The van der Waals surface area contributed by atoms with Crippen molar-refractivity contribution in [2.24, 2.45) is 0 Å². The topological polar surface area (TPSA) is 84.3 Å². The molecule has 0 saturated heterocycles. The smallest absolute Gasteiger partial charge is 0.319 e. The molecule has 0 aliphatic carbocycles. The monoisotopic (exact) mass is 231 g/mol. The number of anilines is 1. The molecule has 0 saturated carbocycles. The van der Waals surface area contributed by atoms with Crippen molar-refractivity contribution in [1.29, 1.82) is 0 Å². The number of benzene rings is 1. The number of nitro benzene ring substituents is 1. The highest BCUT2D eigenvalue weighted by atomic mass is 19.2. The molecule has 0 radical (unpaired) electrons. The zero-order valence-electron chi connectivity index (χ0n) is 8.08. The second kappa shape index (κ2) is 4.51. The van der Waals surface area contributed by atoms with E-state index < -0.39 is 34.0 Å². The molecule has 0 spiro atoms. The molecule has 1 aromatic rings. The molecule has 0 heterocycles. The second-order valence-electron chi connectivity index (χ2n) is 2.72. The quantitative estimate of drug-likeness (QED) is 0.599. The van der Waals surface area contributed by atoms with Gasteiger partial charge in [-0.25, -0.2) is 13.6 Å². The molecule has 1 rings (SSSR count). The van der Waals surface area contributed by atoms with E-state index >= 15 is 0 Å². The lowest BCUT2D eigenvalue weighted by molar-refractivity contribution is -0.384. The number of amides is 2. The SMILES string of the molecule is CNC(=O)Nc1c([N+](=O)[O-])ccc(F)c1F. The van der Waals surface area contributed by atoms with Crippen molar-refractivity contribution in [3.63, 3.8) is 0 Å². The summed E-state index contributed by atoms with van der Waals surface area (Å²) in [5, 5.41) is 14.4. The van der Waals surface area contributed by atoms with Crippen LogP contribution >= 0.6 is 0 Å². The minimum absolute atomic E-state index is 0.614. The van der Waals surface area contributed by atoms with Crippen LogP contribution in [0.15, 0.2) is 12.1 Å². The van der Waals surface area contributed by atoms with Crippen LogP contribution in [0.4, 0.5) is 25.0 Å². The Labute approximate surface area is 88.4 Å². The molecule has 1 aromatic carbocycles. The first-order chi connectivity index (χ1) is 7.47. The summed E-state index contributed by atoms with van der Waals surface area (Å²) in [6.07, 6.45) is 0. The highest BCUT2D eigenvalue weighted by Crippen LogP contribution is 2.28. The number of nitro groups is 1. The van der Waals surface area contributed by atoms with E-state index in [0.29, 0.717) is 6.07 Å². The maximum atomic E-state index is 13.2. The molecular weight excluding hydrogens is 224 g/mol. The van der Waals surface area contributed by atoms with Crippen LogP contribution in [0.1, 0.15) is 0 Å². The lowest BCUT2D eigenvalue weighted by Crippen LogP contribution is -2.25. The standard InChI is InChI=1S/C8H7F2N3O3/c1-11-8(14)12-7-5(13(15)16)3-2-4(9)6(7)10/h2-3H,1H3,(H2,11,12,14). The fourth-order valence-corrected chi connectivity index (χ4v) is 0.988. The highest BCUT2D eigenvalue weighted by Gasteiger charge is 2.22. The molecule has 2 N–H and O–H groups in total. The van der Waals surface area contributed by atoms with Crippen molar-refractivity contribution in [3.05, 3.63) is 33.9 Å². The van der Waals surface area contributed by atoms with Gasteiger partial charge in [-0.2, -0.15) is 0 Å².